The van der Waals surface area contributed by atoms with Gasteiger partial charge in [-0.25, -0.2) is 0 Å². The summed E-state index contributed by atoms with van der Waals surface area (Å²) in [6.07, 6.45) is 3.19. The summed E-state index contributed by atoms with van der Waals surface area (Å²) < 4.78 is 10.6. The molecule has 4 heteroatoms. The van der Waals surface area contributed by atoms with E-state index in [1.54, 1.807) is 14.2 Å². The fraction of sp³-hybridized carbons (Fsp3) is 0.588. The second kappa shape index (κ2) is 9.18. The predicted molar refractivity (Wildman–Crippen MR) is 84.3 cm³/mol. The molecule has 0 radical (unpaired) electrons. The normalized spacial score (nSPS) is 11.3. The number of aliphatic imine (C=N–C) groups is 1. The molecule has 0 saturated carbocycles. The van der Waals surface area contributed by atoms with E-state index in [-0.39, 0.29) is 24.9 Å². The van der Waals surface area contributed by atoms with E-state index in [1.165, 1.54) is 0 Å². The van der Waals surface area contributed by atoms with Gasteiger partial charge in [-0.2, -0.15) is 5.56 Å². The predicted octanol–water partition coefficient (Wildman–Crippen LogP) is 0.993. The Morgan fingerprint density at radius 2 is 1.43 bits per heavy atom. The molecule has 1 rings (SSSR count). The Labute approximate surface area is 141 Å². The van der Waals surface area contributed by atoms with Crippen LogP contribution in [-0.2, 0) is 0 Å². The number of hydrogen-bond acceptors (Lipinski definition) is 3. The number of methoxy groups -OCH3 is 2. The Hall–Kier alpha value is -0.913. The zero-order valence-electron chi connectivity index (χ0n) is 14.7. The molecule has 1 aromatic rings. The van der Waals surface area contributed by atoms with E-state index in [4.69, 9.17) is 9.47 Å². The zero-order chi connectivity index (χ0) is 15.3. The molecule has 21 heavy (non-hydrogen) atoms. The van der Waals surface area contributed by atoms with Crippen molar-refractivity contribution >= 4 is 6.21 Å². The molecule has 0 aliphatic carbocycles. The van der Waals surface area contributed by atoms with Crippen molar-refractivity contribution in [2.45, 2.75) is 40.7 Å². The van der Waals surface area contributed by atoms with Crippen molar-refractivity contribution in [3.8, 4) is 11.5 Å². The molecule has 0 aliphatic heterocycles. The number of rotatable bonds is 6. The van der Waals surface area contributed by atoms with Crippen LogP contribution < -0.4 is 28.3 Å². The van der Waals surface area contributed by atoms with Crippen molar-refractivity contribution in [3.05, 3.63) is 23.3 Å². The number of benzene rings is 1. The van der Waals surface area contributed by atoms with Crippen LogP contribution in [0.5, 0.6) is 11.5 Å². The smallest absolute Gasteiger partial charge is 0.506 e. The van der Waals surface area contributed by atoms with E-state index >= 15 is 0 Å². The van der Waals surface area contributed by atoms with Crippen LogP contribution in [0.15, 0.2) is 17.1 Å². The second-order valence-electron chi connectivity index (χ2n) is 5.74. The molecule has 0 amide bonds. The Morgan fingerprint density at radius 3 is 1.86 bits per heavy atom. The summed E-state index contributed by atoms with van der Waals surface area (Å²) in [5.74, 6) is 2.45. The van der Waals surface area contributed by atoms with Crippen LogP contribution in [0.25, 0.3) is 0 Å². The van der Waals surface area contributed by atoms with Gasteiger partial charge in [0.1, 0.15) is 11.5 Å². The molecule has 0 aliphatic rings. The van der Waals surface area contributed by atoms with Crippen LogP contribution in [0, 0.1) is 18.8 Å². The molecule has 0 N–H and O–H groups in total. The van der Waals surface area contributed by atoms with Gasteiger partial charge in [0.2, 0.25) is 0 Å². The van der Waals surface area contributed by atoms with Crippen LogP contribution in [0.1, 0.15) is 38.8 Å². The molecule has 0 spiro atoms. The summed E-state index contributed by atoms with van der Waals surface area (Å²) in [6.45, 7) is 10.8. The molecule has 0 aromatic heterocycles. The Morgan fingerprint density at radius 1 is 0.952 bits per heavy atom. The summed E-state index contributed by atoms with van der Waals surface area (Å²) in [4.78, 5) is 4.64. The average Bonchev–Trinajstić information content (AvgIpc) is 2.39. The molecule has 0 atom stereocenters. The van der Waals surface area contributed by atoms with Gasteiger partial charge in [0.05, 0.1) is 14.2 Å². The maximum absolute atomic E-state index is 5.33. The van der Waals surface area contributed by atoms with Crippen molar-refractivity contribution in [2.75, 3.05) is 14.2 Å². The third-order valence-electron chi connectivity index (χ3n) is 3.43. The van der Waals surface area contributed by atoms with Crippen molar-refractivity contribution in [1.82, 2.24) is 0 Å². The maximum atomic E-state index is 5.33. The van der Waals surface area contributed by atoms with Gasteiger partial charge < -0.3 is 14.5 Å². The minimum Gasteiger partial charge on any atom is -0.506 e. The third-order valence-corrected chi connectivity index (χ3v) is 3.43. The van der Waals surface area contributed by atoms with Crippen molar-refractivity contribution in [1.29, 1.82) is 0 Å². The molecule has 0 fully saturated rings. The Balaban J connectivity index is 0.00000400. The van der Waals surface area contributed by atoms with Crippen LogP contribution in [0.2, 0.25) is 0 Å². The molecule has 112 valence electrons. The molecule has 0 heterocycles. The first-order valence-corrected chi connectivity index (χ1v) is 7.09. The molecular weight excluding hydrogens is 257 g/mol. The minimum absolute atomic E-state index is 0. The van der Waals surface area contributed by atoms with E-state index < -0.39 is 0 Å². The number of aryl methyl sites for hydroxylation is 1. The van der Waals surface area contributed by atoms with E-state index in [0.717, 1.165) is 16.9 Å². The average molecular weight is 283 g/mol. The van der Waals surface area contributed by atoms with Crippen LogP contribution in [0.3, 0.4) is 0 Å². The maximum Gasteiger partial charge on any atom is 1.00 e. The van der Waals surface area contributed by atoms with Crippen LogP contribution >= 0.6 is 0 Å². The minimum atomic E-state index is 0. The zero-order valence-corrected chi connectivity index (χ0v) is 14.7. The topological polar surface area (TPSA) is 30.8 Å². The third kappa shape index (κ3) is 5.41. The van der Waals surface area contributed by atoms with Gasteiger partial charge in [0.15, 0.2) is 0 Å². The summed E-state index contributed by atoms with van der Waals surface area (Å²) in [5.41, 5.74) is 2.03. The first kappa shape index (κ1) is 20.1. The molecular formula is C17H26LiNO2. The largest absolute Gasteiger partial charge is 1.00 e. The summed E-state index contributed by atoms with van der Waals surface area (Å²) >= 11 is 0. The fourth-order valence-electron chi connectivity index (χ4n) is 2.31. The number of hydrogen-bond donors (Lipinski definition) is 0. The number of nitrogens with zero attached hydrogens (tertiary/aromatic N) is 1. The summed E-state index contributed by atoms with van der Waals surface area (Å²) in [7, 11) is 3.28. The van der Waals surface area contributed by atoms with Crippen LogP contribution in [0.4, 0.5) is 0 Å². The van der Waals surface area contributed by atoms with E-state index in [1.807, 2.05) is 19.1 Å². The summed E-state index contributed by atoms with van der Waals surface area (Å²) in [5, 5.41) is 0. The Bertz CT molecular complexity index is 462. The first-order chi connectivity index (χ1) is 9.40. The molecule has 0 saturated heterocycles. The van der Waals surface area contributed by atoms with Gasteiger partial charge in [-0.3, -0.25) is 0 Å². The molecule has 1 aromatic carbocycles. The molecule has 0 bridgehead atoms. The van der Waals surface area contributed by atoms with Crippen molar-refractivity contribution in [2.24, 2.45) is 16.8 Å². The monoisotopic (exact) mass is 283 g/mol. The van der Waals surface area contributed by atoms with Gasteiger partial charge in [-0.1, -0.05) is 46.9 Å². The quantitative estimate of drug-likeness (QED) is 0.443. The fourth-order valence-corrected chi connectivity index (χ4v) is 2.31. The molecule has 0 unspecified atom stereocenters. The van der Waals surface area contributed by atoms with E-state index in [2.05, 4.69) is 38.9 Å². The van der Waals surface area contributed by atoms with Crippen molar-refractivity contribution in [3.63, 3.8) is 0 Å². The molecule has 3 nitrogen and oxygen atoms in total. The van der Waals surface area contributed by atoms with Gasteiger partial charge in [-0.15, -0.1) is 11.6 Å². The SMILES string of the molecule is COc1cc(C)c([C-]=NC(C(C)C)C(C)C)cc1OC.[Li+]. The van der Waals surface area contributed by atoms with Gasteiger partial charge in [0.25, 0.3) is 0 Å². The Kier molecular flexibility index (Phi) is 8.78. The van der Waals surface area contributed by atoms with Gasteiger partial charge >= 0.3 is 18.9 Å². The first-order valence-electron chi connectivity index (χ1n) is 7.09. The van der Waals surface area contributed by atoms with Gasteiger partial charge in [-0.05, 0) is 11.8 Å². The summed E-state index contributed by atoms with van der Waals surface area (Å²) in [6, 6.07) is 4.16. The van der Waals surface area contributed by atoms with Crippen molar-refractivity contribution < 1.29 is 28.3 Å². The van der Waals surface area contributed by atoms with E-state index in [0.29, 0.717) is 17.6 Å². The second-order valence-corrected chi connectivity index (χ2v) is 5.74. The van der Waals surface area contributed by atoms with Gasteiger partial charge in [0, 0.05) is 6.04 Å². The number of ether oxygens (including phenoxy) is 2. The van der Waals surface area contributed by atoms with Crippen LogP contribution in [-0.4, -0.2) is 26.5 Å². The van der Waals surface area contributed by atoms with E-state index in [9.17, 15) is 0 Å². The standard InChI is InChI=1S/C17H26NO2.Li/c1-11(2)17(12(3)4)18-10-14-9-16(20-7)15(19-6)8-13(14)5;/h8-9,11-12,17H,1-7H3;/q-1;+1.